The Kier molecular flexibility index (Phi) is 5.91. The van der Waals surface area contributed by atoms with Gasteiger partial charge in [-0.1, -0.05) is 6.07 Å². The first-order chi connectivity index (χ1) is 12.6. The quantitative estimate of drug-likeness (QED) is 0.794. The third kappa shape index (κ3) is 4.86. The van der Waals surface area contributed by atoms with E-state index in [-0.39, 0.29) is 17.9 Å². The summed E-state index contributed by atoms with van der Waals surface area (Å²) in [6, 6.07) is 7.98. The number of carbonyl (C=O) groups excluding carboxylic acids is 2. The van der Waals surface area contributed by atoms with Crippen LogP contribution in [0.3, 0.4) is 0 Å². The van der Waals surface area contributed by atoms with Gasteiger partial charge in [-0.2, -0.15) is 0 Å². The zero-order chi connectivity index (χ0) is 18.4. The molecule has 1 aliphatic rings. The molecule has 2 atom stereocenters. The van der Waals surface area contributed by atoms with Gasteiger partial charge in [0.1, 0.15) is 24.7 Å². The molecule has 7 nitrogen and oxygen atoms in total. The van der Waals surface area contributed by atoms with Crippen LogP contribution in [0.5, 0.6) is 5.75 Å². The Bertz CT molecular complexity index is 738. The number of anilines is 1. The molecule has 2 amide bonds. The van der Waals surface area contributed by atoms with Crippen LogP contribution in [0.25, 0.3) is 0 Å². The van der Waals surface area contributed by atoms with Crippen molar-refractivity contribution in [3.8, 4) is 5.75 Å². The molecule has 26 heavy (non-hydrogen) atoms. The summed E-state index contributed by atoms with van der Waals surface area (Å²) in [7, 11) is 0. The molecule has 1 aromatic carbocycles. The fourth-order valence-corrected chi connectivity index (χ4v) is 2.62. The van der Waals surface area contributed by atoms with Crippen LogP contribution in [0, 0.1) is 0 Å². The van der Waals surface area contributed by atoms with E-state index < -0.39 is 6.04 Å². The Balaban J connectivity index is 1.51. The van der Waals surface area contributed by atoms with Crippen LogP contribution in [-0.4, -0.2) is 37.2 Å². The highest BCUT2D eigenvalue weighted by atomic mass is 16.5. The van der Waals surface area contributed by atoms with E-state index in [1.807, 2.05) is 6.07 Å². The van der Waals surface area contributed by atoms with Gasteiger partial charge in [-0.3, -0.25) is 9.59 Å². The van der Waals surface area contributed by atoms with E-state index in [0.717, 1.165) is 19.4 Å². The van der Waals surface area contributed by atoms with E-state index in [2.05, 4.69) is 10.6 Å². The van der Waals surface area contributed by atoms with Gasteiger partial charge in [0, 0.05) is 18.4 Å². The monoisotopic (exact) mass is 358 g/mol. The highest BCUT2D eigenvalue weighted by Gasteiger charge is 2.18. The normalized spacial score (nSPS) is 17.5. The van der Waals surface area contributed by atoms with Crippen molar-refractivity contribution in [2.24, 2.45) is 0 Å². The maximum atomic E-state index is 12.3. The number of benzene rings is 1. The van der Waals surface area contributed by atoms with Gasteiger partial charge in [0.25, 0.3) is 5.91 Å². The summed E-state index contributed by atoms with van der Waals surface area (Å²) >= 11 is 0. The molecule has 138 valence electrons. The molecule has 1 aliphatic heterocycles. The zero-order valence-corrected chi connectivity index (χ0v) is 14.6. The maximum Gasteiger partial charge on any atom is 0.255 e. The van der Waals surface area contributed by atoms with Crippen LogP contribution < -0.4 is 15.4 Å². The Morgan fingerprint density at radius 1 is 1.35 bits per heavy atom. The molecule has 1 saturated heterocycles. The fraction of sp³-hybridized carbons (Fsp3) is 0.368. The second kappa shape index (κ2) is 8.53. The lowest BCUT2D eigenvalue weighted by molar-refractivity contribution is -0.117. The molecular formula is C19H22N2O5. The maximum absolute atomic E-state index is 12.3. The number of nitrogens with one attached hydrogen (secondary N) is 2. The lowest BCUT2D eigenvalue weighted by Crippen LogP contribution is -2.41. The molecule has 1 fully saturated rings. The highest BCUT2D eigenvalue weighted by molar-refractivity contribution is 6.00. The third-order valence-electron chi connectivity index (χ3n) is 4.09. The van der Waals surface area contributed by atoms with Gasteiger partial charge in [-0.15, -0.1) is 0 Å². The number of furan rings is 1. The molecule has 0 unspecified atom stereocenters. The summed E-state index contributed by atoms with van der Waals surface area (Å²) in [5, 5.41) is 5.39. The van der Waals surface area contributed by atoms with Crippen LogP contribution >= 0.6 is 0 Å². The fourth-order valence-electron chi connectivity index (χ4n) is 2.62. The topological polar surface area (TPSA) is 89.8 Å². The number of amides is 2. The predicted molar refractivity (Wildman–Crippen MR) is 95.2 cm³/mol. The number of hydrogen-bond donors (Lipinski definition) is 2. The van der Waals surface area contributed by atoms with Crippen molar-refractivity contribution in [3.63, 3.8) is 0 Å². The van der Waals surface area contributed by atoms with Crippen molar-refractivity contribution < 1.29 is 23.5 Å². The molecule has 0 spiro atoms. The highest BCUT2D eigenvalue weighted by Crippen LogP contribution is 2.20. The second-order valence-corrected chi connectivity index (χ2v) is 6.17. The second-order valence-electron chi connectivity index (χ2n) is 6.17. The Labute approximate surface area is 151 Å². The molecule has 0 bridgehead atoms. The standard InChI is InChI=1S/C19H22N2O5/c1-13(20-19(23)14-7-9-24-11-14)18(22)21-15-4-2-5-16(10-15)26-12-17-6-3-8-25-17/h2,4-5,7,9-11,13,17H,3,6,8,12H2,1H3,(H,20,23)(H,21,22)/t13-,17+/m0/s1. The predicted octanol–water partition coefficient (Wildman–Crippen LogP) is 2.59. The van der Waals surface area contributed by atoms with Gasteiger partial charge in [0.15, 0.2) is 0 Å². The van der Waals surface area contributed by atoms with E-state index in [9.17, 15) is 9.59 Å². The van der Waals surface area contributed by atoms with Crippen LogP contribution in [-0.2, 0) is 9.53 Å². The van der Waals surface area contributed by atoms with Crippen molar-refractivity contribution in [1.82, 2.24) is 5.32 Å². The van der Waals surface area contributed by atoms with Crippen molar-refractivity contribution in [2.45, 2.75) is 31.9 Å². The third-order valence-corrected chi connectivity index (χ3v) is 4.09. The minimum Gasteiger partial charge on any atom is -0.491 e. The van der Waals surface area contributed by atoms with E-state index >= 15 is 0 Å². The van der Waals surface area contributed by atoms with Crippen LogP contribution in [0.15, 0.2) is 47.3 Å². The average Bonchev–Trinajstić information content (AvgIpc) is 3.34. The lowest BCUT2D eigenvalue weighted by atomic mass is 10.2. The molecule has 2 N–H and O–H groups in total. The van der Waals surface area contributed by atoms with Crippen LogP contribution in [0.2, 0.25) is 0 Å². The van der Waals surface area contributed by atoms with Gasteiger partial charge in [0.2, 0.25) is 5.91 Å². The minimum atomic E-state index is -0.700. The summed E-state index contributed by atoms with van der Waals surface area (Å²) in [5.74, 6) is -0.0263. The molecule has 0 radical (unpaired) electrons. The molecule has 3 rings (SSSR count). The number of carbonyl (C=O) groups is 2. The summed E-state index contributed by atoms with van der Waals surface area (Å²) in [6.45, 7) is 2.90. The van der Waals surface area contributed by atoms with Crippen molar-refractivity contribution in [3.05, 3.63) is 48.4 Å². The first-order valence-corrected chi connectivity index (χ1v) is 8.60. The van der Waals surface area contributed by atoms with Crippen LogP contribution in [0.1, 0.15) is 30.1 Å². The van der Waals surface area contributed by atoms with Crippen molar-refractivity contribution >= 4 is 17.5 Å². The molecule has 0 saturated carbocycles. The van der Waals surface area contributed by atoms with E-state index in [4.69, 9.17) is 13.9 Å². The minimum absolute atomic E-state index is 0.131. The van der Waals surface area contributed by atoms with Gasteiger partial charge in [-0.05, 0) is 38.0 Å². The number of rotatable bonds is 7. The lowest BCUT2D eigenvalue weighted by Gasteiger charge is -2.15. The summed E-state index contributed by atoms with van der Waals surface area (Å²) in [6.07, 6.45) is 4.93. The largest absolute Gasteiger partial charge is 0.491 e. The Morgan fingerprint density at radius 2 is 2.23 bits per heavy atom. The molecule has 2 aromatic rings. The molecule has 2 heterocycles. The summed E-state index contributed by atoms with van der Waals surface area (Å²) < 4.78 is 16.1. The smallest absolute Gasteiger partial charge is 0.255 e. The van der Waals surface area contributed by atoms with E-state index in [1.54, 1.807) is 25.1 Å². The van der Waals surface area contributed by atoms with Crippen molar-refractivity contribution in [2.75, 3.05) is 18.5 Å². The van der Waals surface area contributed by atoms with Crippen molar-refractivity contribution in [1.29, 1.82) is 0 Å². The summed E-state index contributed by atoms with van der Waals surface area (Å²) in [5.41, 5.74) is 0.971. The van der Waals surface area contributed by atoms with Gasteiger partial charge in [-0.25, -0.2) is 0 Å². The number of ether oxygens (including phenoxy) is 2. The van der Waals surface area contributed by atoms with Gasteiger partial charge < -0.3 is 24.5 Å². The Morgan fingerprint density at radius 3 is 2.96 bits per heavy atom. The van der Waals surface area contributed by atoms with Crippen LogP contribution in [0.4, 0.5) is 5.69 Å². The SMILES string of the molecule is C[C@H](NC(=O)c1ccoc1)C(=O)Nc1cccc(OC[C@H]2CCCO2)c1. The molecular weight excluding hydrogens is 336 g/mol. The average molecular weight is 358 g/mol. The van der Waals surface area contributed by atoms with E-state index in [1.165, 1.54) is 18.6 Å². The van der Waals surface area contributed by atoms with Gasteiger partial charge in [0.05, 0.1) is 17.9 Å². The molecule has 0 aliphatic carbocycles. The van der Waals surface area contributed by atoms with Gasteiger partial charge >= 0.3 is 0 Å². The summed E-state index contributed by atoms with van der Waals surface area (Å²) in [4.78, 5) is 24.2. The Hall–Kier alpha value is -2.80. The molecule has 1 aromatic heterocycles. The molecule has 7 heteroatoms. The zero-order valence-electron chi connectivity index (χ0n) is 14.6. The number of hydrogen-bond acceptors (Lipinski definition) is 5. The first-order valence-electron chi connectivity index (χ1n) is 8.60. The first kappa shape index (κ1) is 18.0. The van der Waals surface area contributed by atoms with E-state index in [0.29, 0.717) is 23.6 Å².